The fourth-order valence-electron chi connectivity index (χ4n) is 3.66. The molecule has 0 aliphatic heterocycles. The quantitative estimate of drug-likeness (QED) is 0.519. The van der Waals surface area contributed by atoms with Gasteiger partial charge in [0, 0.05) is 23.8 Å². The first-order chi connectivity index (χ1) is 14.2. The molecule has 1 aliphatic rings. The highest BCUT2D eigenvalue weighted by molar-refractivity contribution is 7.19. The molecular formula is C21H18FN5OS. The number of nitrogens with one attached hydrogen (secondary N) is 1. The second kappa shape index (κ2) is 7.36. The number of benzene rings is 1. The lowest BCUT2D eigenvalue weighted by Crippen LogP contribution is -2.06. The first-order valence-corrected chi connectivity index (χ1v) is 10.3. The molecule has 2 N–H and O–H groups in total. The van der Waals surface area contributed by atoms with Gasteiger partial charge < -0.3 is 10.4 Å². The maximum absolute atomic E-state index is 13.7. The molecule has 4 aromatic rings. The van der Waals surface area contributed by atoms with Gasteiger partial charge in [0.25, 0.3) is 0 Å². The number of aryl methyl sites for hydroxylation is 2. The van der Waals surface area contributed by atoms with Gasteiger partial charge in [0.15, 0.2) is 17.4 Å². The molecule has 0 bridgehead atoms. The normalized spacial score (nSPS) is 13.4. The Morgan fingerprint density at radius 3 is 2.86 bits per heavy atom. The van der Waals surface area contributed by atoms with Crippen molar-refractivity contribution < 1.29 is 9.50 Å². The van der Waals surface area contributed by atoms with Crippen molar-refractivity contribution >= 4 is 27.4 Å². The number of anilines is 1. The van der Waals surface area contributed by atoms with E-state index in [0.29, 0.717) is 18.1 Å². The number of aromatic hydroxyl groups is 1. The van der Waals surface area contributed by atoms with Crippen molar-refractivity contribution in [3.8, 4) is 17.3 Å². The molecule has 1 aliphatic carbocycles. The van der Waals surface area contributed by atoms with Crippen molar-refractivity contribution in [1.29, 1.82) is 0 Å². The second-order valence-electron chi connectivity index (χ2n) is 7.02. The molecule has 0 unspecified atom stereocenters. The van der Waals surface area contributed by atoms with Crippen LogP contribution in [0.4, 0.5) is 10.2 Å². The van der Waals surface area contributed by atoms with Crippen LogP contribution in [0.5, 0.6) is 5.75 Å². The Morgan fingerprint density at radius 2 is 2.03 bits per heavy atom. The minimum Gasteiger partial charge on any atom is -0.505 e. The zero-order chi connectivity index (χ0) is 19.8. The Bertz CT molecular complexity index is 1190. The van der Waals surface area contributed by atoms with Crippen LogP contribution in [0.15, 0.2) is 36.8 Å². The predicted molar refractivity (Wildman–Crippen MR) is 110 cm³/mol. The first-order valence-electron chi connectivity index (χ1n) is 9.49. The van der Waals surface area contributed by atoms with Gasteiger partial charge >= 0.3 is 0 Å². The van der Waals surface area contributed by atoms with Crippen LogP contribution >= 0.6 is 11.3 Å². The molecule has 146 valence electrons. The van der Waals surface area contributed by atoms with Crippen molar-refractivity contribution in [1.82, 2.24) is 19.9 Å². The van der Waals surface area contributed by atoms with E-state index in [1.54, 1.807) is 36.0 Å². The Morgan fingerprint density at radius 1 is 1.14 bits per heavy atom. The molecule has 29 heavy (non-hydrogen) atoms. The summed E-state index contributed by atoms with van der Waals surface area (Å²) >= 11 is 1.72. The topological polar surface area (TPSA) is 83.8 Å². The number of aromatic nitrogens is 4. The van der Waals surface area contributed by atoms with E-state index in [1.165, 1.54) is 29.0 Å². The number of phenols is 1. The summed E-state index contributed by atoms with van der Waals surface area (Å²) in [6.07, 6.45) is 9.32. The first kappa shape index (κ1) is 17.9. The molecule has 0 spiro atoms. The van der Waals surface area contributed by atoms with E-state index in [-0.39, 0.29) is 5.75 Å². The summed E-state index contributed by atoms with van der Waals surface area (Å²) in [5, 5.41) is 13.8. The molecule has 0 amide bonds. The highest BCUT2D eigenvalue weighted by atomic mass is 32.1. The Balaban J connectivity index is 1.59. The molecule has 0 fully saturated rings. The minimum atomic E-state index is -0.634. The van der Waals surface area contributed by atoms with Crippen molar-refractivity contribution in [2.75, 3.05) is 5.32 Å². The monoisotopic (exact) mass is 407 g/mol. The van der Waals surface area contributed by atoms with Crippen LogP contribution in [0.3, 0.4) is 0 Å². The number of thiophene rings is 1. The minimum absolute atomic E-state index is 0.352. The van der Waals surface area contributed by atoms with Crippen molar-refractivity contribution in [2.24, 2.45) is 0 Å². The fourth-order valence-corrected chi connectivity index (χ4v) is 4.92. The Kier molecular flexibility index (Phi) is 4.55. The van der Waals surface area contributed by atoms with E-state index < -0.39 is 5.82 Å². The smallest absolute Gasteiger partial charge is 0.183 e. The predicted octanol–water partition coefficient (Wildman–Crippen LogP) is 4.48. The third kappa shape index (κ3) is 3.40. The third-order valence-corrected chi connectivity index (χ3v) is 6.26. The highest BCUT2D eigenvalue weighted by Gasteiger charge is 2.22. The van der Waals surface area contributed by atoms with E-state index >= 15 is 0 Å². The molecule has 5 rings (SSSR count). The van der Waals surface area contributed by atoms with Crippen molar-refractivity contribution in [2.45, 2.75) is 32.2 Å². The van der Waals surface area contributed by atoms with Crippen LogP contribution in [0.25, 0.3) is 21.7 Å². The van der Waals surface area contributed by atoms with Crippen LogP contribution in [-0.2, 0) is 19.4 Å². The van der Waals surface area contributed by atoms with E-state index in [9.17, 15) is 9.50 Å². The molecule has 0 saturated carbocycles. The molecule has 3 aromatic heterocycles. The van der Waals surface area contributed by atoms with Crippen LogP contribution < -0.4 is 5.32 Å². The Labute approximate surface area is 170 Å². The summed E-state index contributed by atoms with van der Waals surface area (Å²) in [6, 6.07) is 4.38. The fraction of sp³-hybridized carbons (Fsp3) is 0.238. The maximum atomic E-state index is 13.7. The number of rotatable bonds is 4. The van der Waals surface area contributed by atoms with Crippen LogP contribution in [0.1, 0.15) is 28.8 Å². The average molecular weight is 407 g/mol. The van der Waals surface area contributed by atoms with Crippen LogP contribution in [0, 0.1) is 5.82 Å². The molecule has 6 nitrogen and oxygen atoms in total. The van der Waals surface area contributed by atoms with Crippen LogP contribution in [0.2, 0.25) is 0 Å². The lowest BCUT2D eigenvalue weighted by atomic mass is 9.97. The SMILES string of the molecule is Oc1ccc(CNc2nc(-c3cnccn3)nc3sc4c(c23)CCCC4)cc1F. The molecule has 0 atom stereocenters. The molecular weight excluding hydrogens is 389 g/mol. The van der Waals surface area contributed by atoms with Gasteiger partial charge in [-0.3, -0.25) is 4.98 Å². The summed E-state index contributed by atoms with van der Waals surface area (Å²) in [5.74, 6) is 0.257. The van der Waals surface area contributed by atoms with Crippen molar-refractivity contribution in [3.63, 3.8) is 0 Å². The van der Waals surface area contributed by atoms with Gasteiger partial charge in [0.05, 0.1) is 11.6 Å². The van der Waals surface area contributed by atoms with Gasteiger partial charge in [-0.1, -0.05) is 6.07 Å². The van der Waals surface area contributed by atoms with Gasteiger partial charge in [0.2, 0.25) is 0 Å². The van der Waals surface area contributed by atoms with Gasteiger partial charge in [-0.25, -0.2) is 19.3 Å². The second-order valence-corrected chi connectivity index (χ2v) is 8.10. The van der Waals surface area contributed by atoms with E-state index in [4.69, 9.17) is 9.97 Å². The van der Waals surface area contributed by atoms with E-state index in [1.807, 2.05) is 0 Å². The molecule has 3 heterocycles. The van der Waals surface area contributed by atoms with Gasteiger partial charge in [-0.15, -0.1) is 11.3 Å². The molecule has 0 radical (unpaired) electrons. The number of nitrogens with zero attached hydrogens (tertiary/aromatic N) is 4. The zero-order valence-corrected chi connectivity index (χ0v) is 16.3. The third-order valence-electron chi connectivity index (χ3n) is 5.08. The highest BCUT2D eigenvalue weighted by Crippen LogP contribution is 2.39. The van der Waals surface area contributed by atoms with Crippen LogP contribution in [-0.4, -0.2) is 25.0 Å². The maximum Gasteiger partial charge on any atom is 0.183 e. The summed E-state index contributed by atoms with van der Waals surface area (Å²) in [6.45, 7) is 0.383. The number of phenolic OH excluding ortho intramolecular Hbond substituents is 1. The number of fused-ring (bicyclic) bond motifs is 3. The van der Waals surface area contributed by atoms with E-state index in [0.717, 1.165) is 40.9 Å². The number of hydrogen-bond acceptors (Lipinski definition) is 7. The van der Waals surface area contributed by atoms with Crippen molar-refractivity contribution in [3.05, 3.63) is 58.6 Å². The van der Waals surface area contributed by atoms with Gasteiger partial charge in [-0.05, 0) is 48.9 Å². The summed E-state index contributed by atoms with van der Waals surface area (Å²) in [7, 11) is 0. The van der Waals surface area contributed by atoms with E-state index in [2.05, 4.69) is 15.3 Å². The molecule has 8 heteroatoms. The lowest BCUT2D eigenvalue weighted by Gasteiger charge is -2.13. The molecule has 0 saturated heterocycles. The Hall–Kier alpha value is -3.13. The van der Waals surface area contributed by atoms with Gasteiger partial charge in [0.1, 0.15) is 16.3 Å². The average Bonchev–Trinajstić information content (AvgIpc) is 3.13. The zero-order valence-electron chi connectivity index (χ0n) is 15.5. The number of hydrogen-bond donors (Lipinski definition) is 2. The summed E-state index contributed by atoms with van der Waals surface area (Å²) < 4.78 is 13.7. The summed E-state index contributed by atoms with van der Waals surface area (Å²) in [4.78, 5) is 20.3. The largest absolute Gasteiger partial charge is 0.505 e. The van der Waals surface area contributed by atoms with Gasteiger partial charge in [-0.2, -0.15) is 0 Å². The lowest BCUT2D eigenvalue weighted by molar-refractivity contribution is 0.432. The standard InChI is InChI=1S/C21H18FN5OS/c22-14-9-12(5-6-16(14)28)10-25-20-18-13-3-1-2-4-17(13)29-21(18)27-19(26-20)15-11-23-7-8-24-15/h5-9,11,28H,1-4,10H2,(H,25,26,27). The molecule has 1 aromatic carbocycles. The summed E-state index contributed by atoms with van der Waals surface area (Å²) in [5.41, 5.74) is 2.65. The number of halogens is 1.